The number of carbonyl (C=O) groups is 5. The standard InChI is InChI=1S/C22H32N4O6/c1-13(2)11-18(24-14(3)27)22(32)25-16(9-10-19(28)29)21(31)26-17(20(23)30)12-15-7-5-4-6-8-15/h4-8,13,16-18H,9-12H2,1-3H3,(H2,23,30)(H,24,27)(H,25,32)(H,26,31)(H,28,29)/t16-,17-,18-/m0/s1. The quantitative estimate of drug-likeness (QED) is 0.287. The zero-order valence-electron chi connectivity index (χ0n) is 18.6. The molecule has 32 heavy (non-hydrogen) atoms. The van der Waals surface area contributed by atoms with E-state index in [1.54, 1.807) is 24.3 Å². The van der Waals surface area contributed by atoms with E-state index in [9.17, 15) is 24.0 Å². The summed E-state index contributed by atoms with van der Waals surface area (Å²) in [5.74, 6) is -3.58. The first kappa shape index (κ1) is 26.6. The van der Waals surface area contributed by atoms with Gasteiger partial charge >= 0.3 is 5.97 Å². The van der Waals surface area contributed by atoms with Gasteiger partial charge in [0.05, 0.1) is 0 Å². The lowest BCUT2D eigenvalue weighted by Gasteiger charge is -2.25. The van der Waals surface area contributed by atoms with Gasteiger partial charge in [0.1, 0.15) is 18.1 Å². The summed E-state index contributed by atoms with van der Waals surface area (Å²) in [5.41, 5.74) is 6.20. The molecule has 0 unspecified atom stereocenters. The molecule has 176 valence electrons. The van der Waals surface area contributed by atoms with Crippen LogP contribution >= 0.6 is 0 Å². The normalized spacial score (nSPS) is 13.5. The van der Waals surface area contributed by atoms with Gasteiger partial charge in [-0.15, -0.1) is 0 Å². The molecule has 1 aromatic rings. The third kappa shape index (κ3) is 10.1. The number of carboxylic acid groups (broad SMARTS) is 1. The summed E-state index contributed by atoms with van der Waals surface area (Å²) in [6, 6.07) is 5.76. The van der Waals surface area contributed by atoms with Crippen LogP contribution in [-0.4, -0.2) is 52.8 Å². The number of aliphatic carboxylic acids is 1. The Labute approximate surface area is 187 Å². The van der Waals surface area contributed by atoms with Crippen molar-refractivity contribution in [3.8, 4) is 0 Å². The summed E-state index contributed by atoms with van der Waals surface area (Å²) < 4.78 is 0. The number of primary amides is 1. The van der Waals surface area contributed by atoms with Gasteiger partial charge in [0, 0.05) is 19.8 Å². The molecule has 0 saturated carbocycles. The van der Waals surface area contributed by atoms with Crippen LogP contribution in [0.5, 0.6) is 0 Å². The Morgan fingerprint density at radius 2 is 1.47 bits per heavy atom. The number of carboxylic acids is 1. The Balaban J connectivity index is 2.97. The average Bonchev–Trinajstić information content (AvgIpc) is 2.69. The Hall–Kier alpha value is -3.43. The van der Waals surface area contributed by atoms with Crippen LogP contribution in [0, 0.1) is 5.92 Å². The molecule has 0 saturated heterocycles. The Kier molecular flexibility index (Phi) is 10.9. The van der Waals surface area contributed by atoms with E-state index < -0.39 is 47.7 Å². The van der Waals surface area contributed by atoms with Crippen molar-refractivity contribution in [3.63, 3.8) is 0 Å². The fourth-order valence-electron chi connectivity index (χ4n) is 3.10. The molecular weight excluding hydrogens is 416 g/mol. The molecule has 0 bridgehead atoms. The molecule has 0 aliphatic carbocycles. The van der Waals surface area contributed by atoms with Crippen molar-refractivity contribution in [2.75, 3.05) is 0 Å². The number of carbonyl (C=O) groups excluding carboxylic acids is 4. The van der Waals surface area contributed by atoms with E-state index in [2.05, 4.69) is 16.0 Å². The molecule has 0 aliphatic rings. The van der Waals surface area contributed by atoms with Crippen LogP contribution in [0.2, 0.25) is 0 Å². The van der Waals surface area contributed by atoms with Crippen LogP contribution in [0.1, 0.15) is 45.6 Å². The maximum atomic E-state index is 12.8. The highest BCUT2D eigenvalue weighted by Gasteiger charge is 2.29. The minimum absolute atomic E-state index is 0.0778. The van der Waals surface area contributed by atoms with Gasteiger partial charge in [-0.3, -0.25) is 24.0 Å². The Morgan fingerprint density at radius 3 is 1.97 bits per heavy atom. The van der Waals surface area contributed by atoms with E-state index in [4.69, 9.17) is 10.8 Å². The van der Waals surface area contributed by atoms with Gasteiger partial charge < -0.3 is 26.8 Å². The topological polar surface area (TPSA) is 168 Å². The molecule has 0 aromatic heterocycles. The number of benzene rings is 1. The number of nitrogens with one attached hydrogen (secondary N) is 3. The van der Waals surface area contributed by atoms with Crippen LogP contribution in [0.4, 0.5) is 0 Å². The van der Waals surface area contributed by atoms with E-state index in [0.717, 1.165) is 5.56 Å². The summed E-state index contributed by atoms with van der Waals surface area (Å²) in [6.45, 7) is 5.02. The largest absolute Gasteiger partial charge is 0.481 e. The van der Waals surface area contributed by atoms with Gasteiger partial charge in [0.25, 0.3) is 0 Å². The zero-order chi connectivity index (χ0) is 24.3. The summed E-state index contributed by atoms with van der Waals surface area (Å²) in [4.78, 5) is 60.0. The molecule has 10 heteroatoms. The summed E-state index contributed by atoms with van der Waals surface area (Å²) in [5, 5.41) is 16.6. The molecule has 0 aliphatic heterocycles. The minimum atomic E-state index is -1.22. The molecule has 0 fully saturated rings. The fourth-order valence-corrected chi connectivity index (χ4v) is 3.10. The predicted molar refractivity (Wildman–Crippen MR) is 117 cm³/mol. The fraction of sp³-hybridized carbons (Fsp3) is 0.500. The van der Waals surface area contributed by atoms with Gasteiger partial charge in [0.15, 0.2) is 0 Å². The Bertz CT molecular complexity index is 812. The van der Waals surface area contributed by atoms with Crippen molar-refractivity contribution in [2.24, 2.45) is 11.7 Å². The maximum Gasteiger partial charge on any atom is 0.303 e. The van der Waals surface area contributed by atoms with Crippen molar-refractivity contribution in [1.82, 2.24) is 16.0 Å². The van der Waals surface area contributed by atoms with Crippen molar-refractivity contribution in [1.29, 1.82) is 0 Å². The molecular formula is C22H32N4O6. The lowest BCUT2D eigenvalue weighted by atomic mass is 10.0. The lowest BCUT2D eigenvalue weighted by molar-refractivity contribution is -0.138. The Morgan fingerprint density at radius 1 is 0.906 bits per heavy atom. The van der Waals surface area contributed by atoms with Crippen LogP contribution < -0.4 is 21.7 Å². The predicted octanol–water partition coefficient (Wildman–Crippen LogP) is 0.0996. The summed E-state index contributed by atoms with van der Waals surface area (Å²) in [7, 11) is 0. The first-order chi connectivity index (χ1) is 15.0. The highest BCUT2D eigenvalue weighted by atomic mass is 16.4. The molecule has 10 nitrogen and oxygen atoms in total. The molecule has 3 atom stereocenters. The maximum absolute atomic E-state index is 12.8. The number of rotatable bonds is 13. The lowest BCUT2D eigenvalue weighted by Crippen LogP contribution is -2.56. The molecule has 1 aromatic carbocycles. The van der Waals surface area contributed by atoms with Crippen molar-refractivity contribution < 1.29 is 29.1 Å². The number of amides is 4. The van der Waals surface area contributed by atoms with Crippen LogP contribution in [0.25, 0.3) is 0 Å². The van der Waals surface area contributed by atoms with Crippen LogP contribution in [0.3, 0.4) is 0 Å². The molecule has 0 heterocycles. The second-order valence-corrected chi connectivity index (χ2v) is 8.03. The molecule has 4 amide bonds. The van der Waals surface area contributed by atoms with Crippen molar-refractivity contribution in [3.05, 3.63) is 35.9 Å². The number of hydrogen-bond donors (Lipinski definition) is 5. The smallest absolute Gasteiger partial charge is 0.303 e. The molecule has 0 spiro atoms. The third-order valence-electron chi connectivity index (χ3n) is 4.62. The minimum Gasteiger partial charge on any atom is -0.481 e. The van der Waals surface area contributed by atoms with E-state index in [-0.39, 0.29) is 25.2 Å². The summed E-state index contributed by atoms with van der Waals surface area (Å²) in [6.07, 6.45) is -0.106. The van der Waals surface area contributed by atoms with Gasteiger partial charge in [-0.25, -0.2) is 0 Å². The van der Waals surface area contributed by atoms with Gasteiger partial charge in [0.2, 0.25) is 23.6 Å². The average molecular weight is 449 g/mol. The van der Waals surface area contributed by atoms with Crippen molar-refractivity contribution >= 4 is 29.6 Å². The number of hydrogen-bond acceptors (Lipinski definition) is 5. The molecule has 6 N–H and O–H groups in total. The third-order valence-corrected chi connectivity index (χ3v) is 4.62. The van der Waals surface area contributed by atoms with E-state index in [1.807, 2.05) is 19.9 Å². The molecule has 1 rings (SSSR count). The monoisotopic (exact) mass is 448 g/mol. The van der Waals surface area contributed by atoms with Gasteiger partial charge in [-0.1, -0.05) is 44.2 Å². The van der Waals surface area contributed by atoms with Crippen molar-refractivity contribution in [2.45, 2.75) is 64.6 Å². The van der Waals surface area contributed by atoms with E-state index in [1.165, 1.54) is 6.92 Å². The first-order valence-corrected chi connectivity index (χ1v) is 10.4. The van der Waals surface area contributed by atoms with Crippen LogP contribution in [-0.2, 0) is 30.4 Å². The highest BCUT2D eigenvalue weighted by molar-refractivity contribution is 5.94. The highest BCUT2D eigenvalue weighted by Crippen LogP contribution is 2.08. The van der Waals surface area contributed by atoms with Crippen LogP contribution in [0.15, 0.2) is 30.3 Å². The summed E-state index contributed by atoms with van der Waals surface area (Å²) >= 11 is 0. The number of nitrogens with two attached hydrogens (primary N) is 1. The second kappa shape index (κ2) is 13.1. The van der Waals surface area contributed by atoms with E-state index >= 15 is 0 Å². The SMILES string of the molecule is CC(=O)N[C@@H](CC(C)C)C(=O)N[C@@H](CCC(=O)O)C(=O)N[C@@H](Cc1ccccc1)C(N)=O. The first-order valence-electron chi connectivity index (χ1n) is 10.4. The van der Waals surface area contributed by atoms with Gasteiger partial charge in [-0.2, -0.15) is 0 Å². The van der Waals surface area contributed by atoms with Gasteiger partial charge in [-0.05, 0) is 24.3 Å². The van der Waals surface area contributed by atoms with E-state index in [0.29, 0.717) is 6.42 Å². The second-order valence-electron chi connectivity index (χ2n) is 8.03. The molecule has 0 radical (unpaired) electrons. The zero-order valence-corrected chi connectivity index (χ0v) is 18.6.